The smallest absolute Gasteiger partial charge is 0.150 e. The molecule has 0 radical (unpaired) electrons. The first kappa shape index (κ1) is 14.0. The number of rotatable bonds is 0. The highest BCUT2D eigenvalue weighted by molar-refractivity contribution is 5.77. The molecule has 2 N–H and O–H groups in total. The van der Waals surface area contributed by atoms with Crippen molar-refractivity contribution < 1.29 is 15.0 Å². The molecule has 5 heteroatoms. The van der Waals surface area contributed by atoms with Crippen molar-refractivity contribution in [1.29, 1.82) is 0 Å². The fraction of sp³-hybridized carbons (Fsp3) is 0.154. The fourth-order valence-electron chi connectivity index (χ4n) is 1.15. The number of hydrogen-bond acceptors (Lipinski definition) is 5. The number of para-hydroxylation sites is 1. The van der Waals surface area contributed by atoms with Gasteiger partial charge >= 0.3 is 0 Å². The molecule has 0 unspecified atom stereocenters. The van der Waals surface area contributed by atoms with Gasteiger partial charge in [-0.25, -0.2) is 5.48 Å². The number of fused-ring (bicyclic) bond motifs is 1. The number of benzene rings is 1. The molecule has 3 rings (SSSR count). The topological polar surface area (TPSA) is 63.6 Å². The van der Waals surface area contributed by atoms with Gasteiger partial charge in [0, 0.05) is 18.2 Å². The Morgan fingerprint density at radius 3 is 2.50 bits per heavy atom. The summed E-state index contributed by atoms with van der Waals surface area (Å²) in [7, 11) is 0. The average molecular weight is 248 g/mol. The van der Waals surface area contributed by atoms with Gasteiger partial charge in [-0.3, -0.25) is 4.98 Å². The van der Waals surface area contributed by atoms with Gasteiger partial charge < -0.3 is 9.99 Å². The third kappa shape index (κ3) is 5.29. The molecule has 1 aliphatic rings. The number of aliphatic hydroxyl groups excluding tert-OH is 1. The lowest BCUT2D eigenvalue weighted by Crippen LogP contribution is -1.94. The molecule has 1 aliphatic heterocycles. The molecule has 96 valence electrons. The first-order valence-corrected chi connectivity index (χ1v) is 5.52. The molecule has 0 atom stereocenters. The van der Waals surface area contributed by atoms with E-state index < -0.39 is 0 Å². The van der Waals surface area contributed by atoms with Crippen LogP contribution in [0, 0.1) is 0 Å². The summed E-state index contributed by atoms with van der Waals surface area (Å²) in [6, 6.07) is 12.1. The monoisotopic (exact) mass is 248 g/mol. The highest BCUT2D eigenvalue weighted by atomic mass is 17.3. The van der Waals surface area contributed by atoms with Crippen LogP contribution in [-0.4, -0.2) is 16.7 Å². The van der Waals surface area contributed by atoms with Gasteiger partial charge in [0.25, 0.3) is 0 Å². The van der Waals surface area contributed by atoms with E-state index in [0.29, 0.717) is 0 Å². The van der Waals surface area contributed by atoms with Crippen LogP contribution in [0.5, 0.6) is 0 Å². The third-order valence-electron chi connectivity index (χ3n) is 1.80. The minimum Gasteiger partial charge on any atom is -0.397 e. The lowest BCUT2D eigenvalue weighted by atomic mass is 10.2. The second-order valence-electron chi connectivity index (χ2n) is 3.11. The molecular weight excluding hydrogens is 232 g/mol. The summed E-state index contributed by atoms with van der Waals surface area (Å²) in [6.45, 7) is 1.93. The van der Waals surface area contributed by atoms with Gasteiger partial charge in [0.05, 0.1) is 11.7 Å². The molecular formula is C13H16N2O3. The van der Waals surface area contributed by atoms with Crippen molar-refractivity contribution in [2.75, 3.05) is 6.61 Å². The molecule has 2 heterocycles. The molecule has 0 spiro atoms. The second-order valence-corrected chi connectivity index (χ2v) is 3.11. The molecule has 1 aromatic heterocycles. The Kier molecular flexibility index (Phi) is 6.96. The van der Waals surface area contributed by atoms with Crippen molar-refractivity contribution in [1.82, 2.24) is 10.5 Å². The highest BCUT2D eigenvalue weighted by Crippen LogP contribution is 2.07. The first-order valence-electron chi connectivity index (χ1n) is 5.52. The van der Waals surface area contributed by atoms with Gasteiger partial charge in [-0.2, -0.15) is 0 Å². The Balaban J connectivity index is 0.000000170. The maximum absolute atomic E-state index is 7.57. The van der Waals surface area contributed by atoms with Gasteiger partial charge in [-0.15, -0.1) is 0 Å². The predicted octanol–water partition coefficient (Wildman–Crippen LogP) is 2.16. The maximum Gasteiger partial charge on any atom is 0.150 e. The first-order chi connectivity index (χ1) is 8.88. The van der Waals surface area contributed by atoms with Crippen LogP contribution in [0.1, 0.15) is 6.92 Å². The molecule has 1 aromatic carbocycles. The Morgan fingerprint density at radius 1 is 1.22 bits per heavy atom. The number of aliphatic hydroxyl groups is 1. The summed E-state index contributed by atoms with van der Waals surface area (Å²) in [4.78, 5) is 12.4. The van der Waals surface area contributed by atoms with Crippen molar-refractivity contribution >= 4 is 10.9 Å². The van der Waals surface area contributed by atoms with Crippen LogP contribution >= 0.6 is 0 Å². The van der Waals surface area contributed by atoms with Crippen LogP contribution < -0.4 is 5.48 Å². The summed E-state index contributed by atoms with van der Waals surface area (Å²) in [5.74, 6) is 0. The molecule has 0 aliphatic carbocycles. The summed E-state index contributed by atoms with van der Waals surface area (Å²) < 4.78 is 0. The molecule has 0 amide bonds. The Morgan fingerprint density at radius 2 is 1.94 bits per heavy atom. The van der Waals surface area contributed by atoms with Gasteiger partial charge in [-0.05, 0) is 19.1 Å². The number of pyridine rings is 1. The van der Waals surface area contributed by atoms with E-state index in [1.54, 1.807) is 13.1 Å². The standard InChI is InChI=1S/C9H7N.C2H3NO2.C2H6O/c1-2-6-9-8(4-1)5-3-7-10-9;1-2-4-5-3-1;1-2-3/h1-7H;1-3H;3H,2H2,1H3. The number of aromatic nitrogens is 1. The molecule has 5 nitrogen and oxygen atoms in total. The maximum atomic E-state index is 7.57. The summed E-state index contributed by atoms with van der Waals surface area (Å²) in [6.07, 6.45) is 4.75. The molecule has 18 heavy (non-hydrogen) atoms. The van der Waals surface area contributed by atoms with Gasteiger partial charge in [-0.1, -0.05) is 29.3 Å². The number of nitrogens with one attached hydrogen (secondary N) is 1. The lowest BCUT2D eigenvalue weighted by molar-refractivity contribution is -0.264. The van der Waals surface area contributed by atoms with Gasteiger partial charge in [0.2, 0.25) is 0 Å². The minimum absolute atomic E-state index is 0.250. The van der Waals surface area contributed by atoms with E-state index in [0.717, 1.165) is 5.52 Å². The molecule has 0 saturated heterocycles. The van der Waals surface area contributed by atoms with Crippen molar-refractivity contribution in [3.63, 3.8) is 0 Å². The summed E-state index contributed by atoms with van der Waals surface area (Å²) >= 11 is 0. The van der Waals surface area contributed by atoms with Crippen molar-refractivity contribution in [2.45, 2.75) is 6.92 Å². The zero-order chi connectivity index (χ0) is 13.1. The number of hydroxylamine groups is 1. The average Bonchev–Trinajstić information content (AvgIpc) is 2.99. The molecule has 0 saturated carbocycles. The Labute approximate surface area is 106 Å². The second kappa shape index (κ2) is 8.98. The van der Waals surface area contributed by atoms with E-state index in [1.807, 2.05) is 30.5 Å². The molecule has 2 aromatic rings. The highest BCUT2D eigenvalue weighted by Gasteiger charge is 1.86. The van der Waals surface area contributed by atoms with E-state index in [2.05, 4.69) is 32.5 Å². The zero-order valence-corrected chi connectivity index (χ0v) is 10.1. The van der Waals surface area contributed by atoms with Gasteiger partial charge in [0.15, 0.2) is 0 Å². The number of nitrogens with zero attached hydrogens (tertiary/aromatic N) is 1. The van der Waals surface area contributed by atoms with Crippen LogP contribution in [0.15, 0.2) is 55.1 Å². The quantitative estimate of drug-likeness (QED) is 0.699. The van der Waals surface area contributed by atoms with Crippen molar-refractivity contribution in [3.05, 3.63) is 55.1 Å². The van der Waals surface area contributed by atoms with E-state index in [9.17, 15) is 0 Å². The van der Waals surface area contributed by atoms with E-state index >= 15 is 0 Å². The normalized spacial score (nSPS) is 11.4. The minimum atomic E-state index is 0.250. The summed E-state index contributed by atoms with van der Waals surface area (Å²) in [5, 5.41) is 8.77. The van der Waals surface area contributed by atoms with E-state index in [-0.39, 0.29) is 6.61 Å². The van der Waals surface area contributed by atoms with Crippen molar-refractivity contribution in [3.8, 4) is 0 Å². The molecule has 0 fully saturated rings. The predicted molar refractivity (Wildman–Crippen MR) is 68.9 cm³/mol. The third-order valence-corrected chi connectivity index (χ3v) is 1.80. The molecule has 0 bridgehead atoms. The van der Waals surface area contributed by atoms with Crippen LogP contribution in [0.3, 0.4) is 0 Å². The largest absolute Gasteiger partial charge is 0.397 e. The van der Waals surface area contributed by atoms with E-state index in [4.69, 9.17) is 5.11 Å². The van der Waals surface area contributed by atoms with Crippen LogP contribution in [0.4, 0.5) is 0 Å². The van der Waals surface area contributed by atoms with E-state index in [1.165, 1.54) is 11.6 Å². The van der Waals surface area contributed by atoms with Crippen LogP contribution in [0.2, 0.25) is 0 Å². The fourth-order valence-corrected chi connectivity index (χ4v) is 1.15. The van der Waals surface area contributed by atoms with Crippen LogP contribution in [0.25, 0.3) is 10.9 Å². The SMILES string of the molecule is C1=COON1.CCO.c1ccc2ncccc2c1. The van der Waals surface area contributed by atoms with Crippen LogP contribution in [-0.2, 0) is 9.88 Å². The Hall–Kier alpha value is -2.11. The Bertz CT molecular complexity index is 403. The lowest BCUT2D eigenvalue weighted by Gasteiger charge is -1.91. The van der Waals surface area contributed by atoms with Gasteiger partial charge in [0.1, 0.15) is 6.26 Å². The van der Waals surface area contributed by atoms with Crippen molar-refractivity contribution in [2.24, 2.45) is 0 Å². The summed E-state index contributed by atoms with van der Waals surface area (Å²) in [5.41, 5.74) is 3.38. The zero-order valence-electron chi connectivity index (χ0n) is 10.1. The number of hydrogen-bond donors (Lipinski definition) is 2.